The topological polar surface area (TPSA) is 39.8 Å². The van der Waals surface area contributed by atoms with Crippen LogP contribution in [0, 0.1) is 0 Å². The van der Waals surface area contributed by atoms with Crippen LogP contribution in [0.4, 0.5) is 0 Å². The summed E-state index contributed by atoms with van der Waals surface area (Å²) in [6.07, 6.45) is 8.40. The van der Waals surface area contributed by atoms with Crippen molar-refractivity contribution in [2.75, 3.05) is 0 Å². The van der Waals surface area contributed by atoms with Crippen LogP contribution in [0.3, 0.4) is 0 Å². The van der Waals surface area contributed by atoms with Crippen LogP contribution in [-0.2, 0) is 20.0 Å². The summed E-state index contributed by atoms with van der Waals surface area (Å²) in [5.41, 5.74) is 1.25. The van der Waals surface area contributed by atoms with E-state index in [1.807, 2.05) is 24.0 Å². The van der Waals surface area contributed by atoms with Crippen molar-refractivity contribution < 1.29 is 0 Å². The van der Waals surface area contributed by atoms with Gasteiger partial charge < -0.3 is 4.57 Å². The third-order valence-corrected chi connectivity index (χ3v) is 2.28. The molecular formula is C11H13N3O. The molecule has 2 aromatic heterocycles. The molecule has 0 aliphatic heterocycles. The zero-order valence-electron chi connectivity index (χ0n) is 8.63. The molecule has 0 fully saturated rings. The Balaban J connectivity index is 1.99. The SMILES string of the molecule is Cn1cc(CCn2ccc(=O)cc2)cn1. The standard InChI is InChI=1S/C11H13N3O/c1-13-9-10(8-12-13)2-5-14-6-3-11(15)4-7-14/h3-4,6-9H,2,5H2,1H3. The average Bonchev–Trinajstić information content (AvgIpc) is 2.64. The molecule has 2 rings (SSSR count). The molecular weight excluding hydrogens is 190 g/mol. The zero-order chi connectivity index (χ0) is 10.7. The number of hydrogen-bond donors (Lipinski definition) is 0. The van der Waals surface area contributed by atoms with E-state index in [1.54, 1.807) is 29.2 Å². The maximum absolute atomic E-state index is 10.9. The van der Waals surface area contributed by atoms with E-state index in [2.05, 4.69) is 5.10 Å². The summed E-state index contributed by atoms with van der Waals surface area (Å²) in [7, 11) is 1.91. The van der Waals surface area contributed by atoms with Crippen molar-refractivity contribution in [2.24, 2.45) is 7.05 Å². The molecule has 4 nitrogen and oxygen atoms in total. The van der Waals surface area contributed by atoms with Crippen LogP contribution < -0.4 is 5.43 Å². The van der Waals surface area contributed by atoms with Crippen molar-refractivity contribution in [3.63, 3.8) is 0 Å². The molecule has 15 heavy (non-hydrogen) atoms. The number of hydrogen-bond acceptors (Lipinski definition) is 2. The molecule has 0 saturated heterocycles. The maximum Gasteiger partial charge on any atom is 0.181 e. The zero-order valence-corrected chi connectivity index (χ0v) is 8.63. The highest BCUT2D eigenvalue weighted by atomic mass is 16.1. The second kappa shape index (κ2) is 4.13. The number of aryl methyl sites for hydroxylation is 3. The highest BCUT2D eigenvalue weighted by Gasteiger charge is 1.96. The van der Waals surface area contributed by atoms with Gasteiger partial charge in [-0.2, -0.15) is 5.10 Å². The Bertz CT molecular complexity index is 478. The average molecular weight is 203 g/mol. The van der Waals surface area contributed by atoms with E-state index < -0.39 is 0 Å². The Morgan fingerprint density at radius 3 is 2.67 bits per heavy atom. The molecule has 0 aromatic carbocycles. The number of aromatic nitrogens is 3. The summed E-state index contributed by atoms with van der Waals surface area (Å²) in [6.45, 7) is 0.867. The molecule has 2 aromatic rings. The largest absolute Gasteiger partial charge is 0.354 e. The molecule has 0 atom stereocenters. The first-order chi connectivity index (χ1) is 7.24. The van der Waals surface area contributed by atoms with Gasteiger partial charge in [0.2, 0.25) is 0 Å². The predicted octanol–water partition coefficient (Wildman–Crippen LogP) is 0.825. The van der Waals surface area contributed by atoms with Crippen molar-refractivity contribution in [3.05, 3.63) is 52.7 Å². The molecule has 0 bridgehead atoms. The predicted molar refractivity (Wildman–Crippen MR) is 57.6 cm³/mol. The molecule has 0 spiro atoms. The molecule has 0 aliphatic rings. The quantitative estimate of drug-likeness (QED) is 0.741. The van der Waals surface area contributed by atoms with Gasteiger partial charge in [0.15, 0.2) is 5.43 Å². The lowest BCUT2D eigenvalue weighted by Gasteiger charge is -2.03. The van der Waals surface area contributed by atoms with Crippen molar-refractivity contribution in [3.8, 4) is 0 Å². The lowest BCUT2D eigenvalue weighted by Crippen LogP contribution is -2.05. The number of rotatable bonds is 3. The molecule has 0 saturated carbocycles. The van der Waals surface area contributed by atoms with Crippen molar-refractivity contribution in [1.82, 2.24) is 14.3 Å². The number of nitrogens with zero attached hydrogens (tertiary/aromatic N) is 3. The van der Waals surface area contributed by atoms with Crippen LogP contribution in [0.5, 0.6) is 0 Å². The summed E-state index contributed by atoms with van der Waals surface area (Å²) < 4.78 is 3.79. The Labute approximate surface area is 87.8 Å². The summed E-state index contributed by atoms with van der Waals surface area (Å²) in [4.78, 5) is 10.9. The monoisotopic (exact) mass is 203 g/mol. The van der Waals surface area contributed by atoms with Gasteiger partial charge in [-0.05, 0) is 12.0 Å². The van der Waals surface area contributed by atoms with E-state index in [9.17, 15) is 4.79 Å². The first kappa shape index (κ1) is 9.71. The fourth-order valence-electron chi connectivity index (χ4n) is 1.45. The second-order valence-electron chi connectivity index (χ2n) is 3.54. The molecule has 0 radical (unpaired) electrons. The van der Waals surface area contributed by atoms with Gasteiger partial charge >= 0.3 is 0 Å². The van der Waals surface area contributed by atoms with Crippen LogP contribution in [0.1, 0.15) is 5.56 Å². The molecule has 2 heterocycles. The highest BCUT2D eigenvalue weighted by molar-refractivity contribution is 5.04. The van der Waals surface area contributed by atoms with E-state index in [1.165, 1.54) is 5.56 Å². The summed E-state index contributed by atoms with van der Waals surface area (Å²) in [6, 6.07) is 3.15. The van der Waals surface area contributed by atoms with Gasteiger partial charge in [-0.1, -0.05) is 0 Å². The van der Waals surface area contributed by atoms with E-state index in [0.717, 1.165) is 13.0 Å². The van der Waals surface area contributed by atoms with Gasteiger partial charge in [-0.25, -0.2) is 0 Å². The Hall–Kier alpha value is -1.84. The van der Waals surface area contributed by atoms with Crippen LogP contribution in [0.25, 0.3) is 0 Å². The van der Waals surface area contributed by atoms with Gasteiger partial charge in [-0.3, -0.25) is 9.48 Å². The summed E-state index contributed by atoms with van der Waals surface area (Å²) >= 11 is 0. The molecule has 0 aliphatic carbocycles. The van der Waals surface area contributed by atoms with Crippen LogP contribution in [-0.4, -0.2) is 14.3 Å². The Morgan fingerprint density at radius 1 is 1.33 bits per heavy atom. The molecule has 0 amide bonds. The lowest BCUT2D eigenvalue weighted by molar-refractivity contribution is 0.689. The maximum atomic E-state index is 10.9. The van der Waals surface area contributed by atoms with Gasteiger partial charge in [-0.15, -0.1) is 0 Å². The third kappa shape index (κ3) is 2.56. The fraction of sp³-hybridized carbons (Fsp3) is 0.273. The van der Waals surface area contributed by atoms with Crippen molar-refractivity contribution in [2.45, 2.75) is 13.0 Å². The van der Waals surface area contributed by atoms with Crippen LogP contribution in [0.15, 0.2) is 41.7 Å². The highest BCUT2D eigenvalue weighted by Crippen LogP contribution is 1.99. The van der Waals surface area contributed by atoms with E-state index in [4.69, 9.17) is 0 Å². The van der Waals surface area contributed by atoms with Crippen molar-refractivity contribution >= 4 is 0 Å². The minimum atomic E-state index is 0.0487. The molecule has 0 unspecified atom stereocenters. The normalized spacial score (nSPS) is 10.5. The van der Waals surface area contributed by atoms with Crippen LogP contribution in [0.2, 0.25) is 0 Å². The van der Waals surface area contributed by atoms with E-state index in [0.29, 0.717) is 0 Å². The van der Waals surface area contributed by atoms with Gasteiger partial charge in [0.25, 0.3) is 0 Å². The lowest BCUT2D eigenvalue weighted by atomic mass is 10.2. The van der Waals surface area contributed by atoms with Gasteiger partial charge in [0.05, 0.1) is 6.20 Å². The van der Waals surface area contributed by atoms with E-state index in [-0.39, 0.29) is 5.43 Å². The summed E-state index contributed by atoms with van der Waals surface area (Å²) in [5.74, 6) is 0. The first-order valence-electron chi connectivity index (χ1n) is 4.88. The minimum Gasteiger partial charge on any atom is -0.354 e. The second-order valence-corrected chi connectivity index (χ2v) is 3.54. The van der Waals surface area contributed by atoms with Crippen LogP contribution >= 0.6 is 0 Å². The Morgan fingerprint density at radius 2 is 2.07 bits per heavy atom. The smallest absolute Gasteiger partial charge is 0.181 e. The number of pyridine rings is 1. The fourth-order valence-corrected chi connectivity index (χ4v) is 1.45. The molecule has 4 heteroatoms. The van der Waals surface area contributed by atoms with E-state index >= 15 is 0 Å². The Kier molecular flexibility index (Phi) is 2.67. The summed E-state index contributed by atoms with van der Waals surface area (Å²) in [5, 5.41) is 4.10. The van der Waals surface area contributed by atoms with Gasteiger partial charge in [0.1, 0.15) is 0 Å². The van der Waals surface area contributed by atoms with Crippen molar-refractivity contribution in [1.29, 1.82) is 0 Å². The van der Waals surface area contributed by atoms with Gasteiger partial charge in [0, 0.05) is 44.3 Å². The third-order valence-electron chi connectivity index (χ3n) is 2.28. The first-order valence-corrected chi connectivity index (χ1v) is 4.88. The molecule has 78 valence electrons. The minimum absolute atomic E-state index is 0.0487. The molecule has 0 N–H and O–H groups in total.